The Morgan fingerprint density at radius 3 is 2.85 bits per heavy atom. The Bertz CT molecular complexity index is 429. The SMILES string of the molecule is Cc1cc2cc(C=O)oc2cc1O. The van der Waals surface area contributed by atoms with E-state index in [0.717, 1.165) is 10.9 Å². The zero-order valence-electron chi connectivity index (χ0n) is 7.07. The van der Waals surface area contributed by atoms with Gasteiger partial charge in [0.1, 0.15) is 11.3 Å². The number of carbonyl (C=O) groups excluding carboxylic acids is 1. The van der Waals surface area contributed by atoms with Gasteiger partial charge in [-0.15, -0.1) is 0 Å². The van der Waals surface area contributed by atoms with E-state index in [9.17, 15) is 9.90 Å². The van der Waals surface area contributed by atoms with Gasteiger partial charge in [0.15, 0.2) is 12.0 Å². The molecule has 13 heavy (non-hydrogen) atoms. The van der Waals surface area contributed by atoms with E-state index in [1.807, 2.05) is 0 Å². The number of furan rings is 1. The summed E-state index contributed by atoms with van der Waals surface area (Å²) in [6, 6.07) is 4.94. The van der Waals surface area contributed by atoms with Crippen LogP contribution in [0.15, 0.2) is 22.6 Å². The summed E-state index contributed by atoms with van der Waals surface area (Å²) in [5.41, 5.74) is 1.30. The molecule has 0 radical (unpaired) electrons. The zero-order valence-corrected chi connectivity index (χ0v) is 7.07. The molecular weight excluding hydrogens is 168 g/mol. The van der Waals surface area contributed by atoms with Gasteiger partial charge in [-0.2, -0.15) is 0 Å². The minimum atomic E-state index is 0.180. The first kappa shape index (κ1) is 7.86. The van der Waals surface area contributed by atoms with Crippen molar-refractivity contribution < 1.29 is 14.3 Å². The molecular formula is C10H8O3. The molecule has 2 rings (SSSR count). The highest BCUT2D eigenvalue weighted by atomic mass is 16.3. The second-order valence-electron chi connectivity index (χ2n) is 2.94. The third-order valence-corrected chi connectivity index (χ3v) is 1.97. The average Bonchev–Trinajstić information content (AvgIpc) is 2.48. The molecule has 66 valence electrons. The van der Waals surface area contributed by atoms with Gasteiger partial charge in [-0.05, 0) is 24.6 Å². The van der Waals surface area contributed by atoms with Crippen LogP contribution in [0.4, 0.5) is 0 Å². The molecule has 0 spiro atoms. The van der Waals surface area contributed by atoms with Crippen LogP contribution in [-0.4, -0.2) is 11.4 Å². The lowest BCUT2D eigenvalue weighted by Crippen LogP contribution is -1.72. The van der Waals surface area contributed by atoms with E-state index >= 15 is 0 Å². The second kappa shape index (κ2) is 2.62. The Morgan fingerprint density at radius 2 is 2.15 bits per heavy atom. The van der Waals surface area contributed by atoms with E-state index in [0.29, 0.717) is 11.9 Å². The van der Waals surface area contributed by atoms with E-state index in [-0.39, 0.29) is 11.5 Å². The molecule has 0 atom stereocenters. The highest BCUT2D eigenvalue weighted by molar-refractivity contribution is 5.86. The van der Waals surface area contributed by atoms with Gasteiger partial charge in [0.2, 0.25) is 0 Å². The molecule has 0 aliphatic heterocycles. The number of carbonyl (C=O) groups is 1. The Morgan fingerprint density at radius 1 is 1.38 bits per heavy atom. The molecule has 0 amide bonds. The molecule has 0 aliphatic rings. The normalized spacial score (nSPS) is 10.5. The highest BCUT2D eigenvalue weighted by Crippen LogP contribution is 2.26. The summed E-state index contributed by atoms with van der Waals surface area (Å²) in [6.45, 7) is 1.79. The van der Waals surface area contributed by atoms with Crippen LogP contribution in [0.5, 0.6) is 5.75 Å². The van der Waals surface area contributed by atoms with Gasteiger partial charge in [0.25, 0.3) is 0 Å². The lowest BCUT2D eigenvalue weighted by molar-refractivity contribution is 0.110. The molecule has 1 aromatic heterocycles. The zero-order chi connectivity index (χ0) is 9.42. The van der Waals surface area contributed by atoms with Crippen LogP contribution in [-0.2, 0) is 0 Å². The molecule has 1 N–H and O–H groups in total. The van der Waals surface area contributed by atoms with Crippen molar-refractivity contribution in [3.8, 4) is 5.75 Å². The number of aryl methyl sites for hydroxylation is 1. The first-order valence-electron chi connectivity index (χ1n) is 3.89. The average molecular weight is 176 g/mol. The smallest absolute Gasteiger partial charge is 0.185 e. The topological polar surface area (TPSA) is 50.4 Å². The fourth-order valence-corrected chi connectivity index (χ4v) is 1.27. The Hall–Kier alpha value is -1.77. The number of aldehydes is 1. The standard InChI is InChI=1S/C10H8O3/c1-6-2-7-3-8(5-11)13-10(7)4-9(6)12/h2-5,12H,1H3. The van der Waals surface area contributed by atoms with Crippen LogP contribution >= 0.6 is 0 Å². The number of aromatic hydroxyl groups is 1. The molecule has 0 fully saturated rings. The third kappa shape index (κ3) is 1.18. The fourth-order valence-electron chi connectivity index (χ4n) is 1.27. The molecule has 3 nitrogen and oxygen atoms in total. The van der Waals surface area contributed by atoms with Crippen molar-refractivity contribution >= 4 is 17.3 Å². The summed E-state index contributed by atoms with van der Waals surface area (Å²) < 4.78 is 5.12. The molecule has 0 saturated carbocycles. The second-order valence-corrected chi connectivity index (χ2v) is 2.94. The molecule has 0 bridgehead atoms. The van der Waals surface area contributed by atoms with Crippen LogP contribution in [0.2, 0.25) is 0 Å². The number of benzene rings is 1. The molecule has 1 heterocycles. The number of hydrogen-bond donors (Lipinski definition) is 1. The Labute approximate surface area is 74.6 Å². The van der Waals surface area contributed by atoms with Crippen LogP contribution < -0.4 is 0 Å². The van der Waals surface area contributed by atoms with Gasteiger partial charge >= 0.3 is 0 Å². The fraction of sp³-hybridized carbons (Fsp3) is 0.100. The summed E-state index contributed by atoms with van der Waals surface area (Å²) in [4.78, 5) is 10.4. The predicted molar refractivity (Wildman–Crippen MR) is 48.0 cm³/mol. The van der Waals surface area contributed by atoms with E-state index in [2.05, 4.69) is 0 Å². The van der Waals surface area contributed by atoms with Crippen molar-refractivity contribution in [2.24, 2.45) is 0 Å². The van der Waals surface area contributed by atoms with Crippen LogP contribution in [0.1, 0.15) is 16.1 Å². The summed E-state index contributed by atoms with van der Waals surface area (Å²) in [5.74, 6) is 0.458. The molecule has 0 unspecified atom stereocenters. The van der Waals surface area contributed by atoms with E-state index in [4.69, 9.17) is 4.42 Å². The largest absolute Gasteiger partial charge is 0.508 e. The van der Waals surface area contributed by atoms with E-state index in [1.54, 1.807) is 19.1 Å². The number of phenolic OH excluding ortho intramolecular Hbond substituents is 1. The van der Waals surface area contributed by atoms with Crippen LogP contribution in [0.25, 0.3) is 11.0 Å². The van der Waals surface area contributed by atoms with Crippen LogP contribution in [0.3, 0.4) is 0 Å². The van der Waals surface area contributed by atoms with Crippen molar-refractivity contribution in [3.05, 3.63) is 29.5 Å². The van der Waals surface area contributed by atoms with Crippen LogP contribution in [0, 0.1) is 6.92 Å². The van der Waals surface area contributed by atoms with Gasteiger partial charge in [-0.3, -0.25) is 4.79 Å². The minimum Gasteiger partial charge on any atom is -0.508 e. The van der Waals surface area contributed by atoms with Crippen molar-refractivity contribution in [1.82, 2.24) is 0 Å². The number of fused-ring (bicyclic) bond motifs is 1. The molecule has 2 aromatic rings. The van der Waals surface area contributed by atoms with Crippen molar-refractivity contribution in [2.45, 2.75) is 6.92 Å². The van der Waals surface area contributed by atoms with Crippen molar-refractivity contribution in [2.75, 3.05) is 0 Å². The maximum Gasteiger partial charge on any atom is 0.185 e. The summed E-state index contributed by atoms with van der Waals surface area (Å²) in [7, 11) is 0. The molecule has 3 heteroatoms. The maximum absolute atomic E-state index is 10.4. The Kier molecular flexibility index (Phi) is 1.59. The number of rotatable bonds is 1. The summed E-state index contributed by atoms with van der Waals surface area (Å²) >= 11 is 0. The third-order valence-electron chi connectivity index (χ3n) is 1.97. The maximum atomic E-state index is 10.4. The first-order valence-corrected chi connectivity index (χ1v) is 3.89. The highest BCUT2D eigenvalue weighted by Gasteiger charge is 2.05. The summed E-state index contributed by atoms with van der Waals surface area (Å²) in [5, 5.41) is 10.2. The van der Waals surface area contributed by atoms with Crippen molar-refractivity contribution in [1.29, 1.82) is 0 Å². The van der Waals surface area contributed by atoms with E-state index < -0.39 is 0 Å². The molecule has 1 aromatic carbocycles. The van der Waals surface area contributed by atoms with Crippen molar-refractivity contribution in [3.63, 3.8) is 0 Å². The molecule has 0 saturated heterocycles. The lowest BCUT2D eigenvalue weighted by Gasteiger charge is -1.95. The lowest BCUT2D eigenvalue weighted by atomic mass is 10.1. The van der Waals surface area contributed by atoms with Gasteiger partial charge in [0.05, 0.1) is 0 Å². The van der Waals surface area contributed by atoms with E-state index in [1.165, 1.54) is 6.07 Å². The molecule has 0 aliphatic carbocycles. The van der Waals surface area contributed by atoms with Gasteiger partial charge in [-0.1, -0.05) is 0 Å². The first-order chi connectivity index (χ1) is 6.20. The van der Waals surface area contributed by atoms with Gasteiger partial charge < -0.3 is 9.52 Å². The number of phenols is 1. The van der Waals surface area contributed by atoms with Gasteiger partial charge in [-0.25, -0.2) is 0 Å². The number of hydrogen-bond acceptors (Lipinski definition) is 3. The minimum absolute atomic E-state index is 0.180. The quantitative estimate of drug-likeness (QED) is 0.678. The predicted octanol–water partition coefficient (Wildman–Crippen LogP) is 2.26. The van der Waals surface area contributed by atoms with Gasteiger partial charge in [0, 0.05) is 11.5 Å². The summed E-state index contributed by atoms with van der Waals surface area (Å²) in [6.07, 6.45) is 0.645. The Balaban J connectivity index is 2.77. The monoisotopic (exact) mass is 176 g/mol.